The number of dihydropyridines is 1. The van der Waals surface area contributed by atoms with Gasteiger partial charge < -0.3 is 10.6 Å². The zero-order chi connectivity index (χ0) is 22.9. The van der Waals surface area contributed by atoms with Gasteiger partial charge in [-0.1, -0.05) is 36.4 Å². The van der Waals surface area contributed by atoms with Gasteiger partial charge in [-0.25, -0.2) is 4.98 Å². The number of rotatable bonds is 4. The van der Waals surface area contributed by atoms with E-state index >= 15 is 0 Å². The molecule has 1 aliphatic heterocycles. The SMILES string of the molecule is CC1=C(C(=O)Nc2ccccn2)[C@@H](c2cnn(C)c2)C2=C(C[C@H](c3ccccc3)CC2=O)N1. The number of allylic oxidation sites excluding steroid dienone is 3. The molecule has 2 atom stereocenters. The van der Waals surface area contributed by atoms with Crippen molar-refractivity contribution in [3.8, 4) is 0 Å². The van der Waals surface area contributed by atoms with Crippen molar-refractivity contribution in [2.24, 2.45) is 7.05 Å². The van der Waals surface area contributed by atoms with Crippen molar-refractivity contribution in [1.82, 2.24) is 20.1 Å². The van der Waals surface area contributed by atoms with Crippen LogP contribution in [0.2, 0.25) is 0 Å². The van der Waals surface area contributed by atoms with Gasteiger partial charge in [0.25, 0.3) is 5.91 Å². The minimum atomic E-state index is -0.483. The number of ketones is 1. The monoisotopic (exact) mass is 439 g/mol. The fraction of sp³-hybridized carbons (Fsp3) is 0.231. The van der Waals surface area contributed by atoms with Crippen LogP contribution < -0.4 is 10.6 Å². The molecule has 3 heterocycles. The van der Waals surface area contributed by atoms with Crippen LogP contribution in [0, 0.1) is 0 Å². The third-order valence-electron chi connectivity index (χ3n) is 6.31. The van der Waals surface area contributed by atoms with E-state index in [0.29, 0.717) is 29.8 Å². The van der Waals surface area contributed by atoms with E-state index in [1.807, 2.05) is 44.4 Å². The minimum absolute atomic E-state index is 0.0575. The molecule has 0 radical (unpaired) electrons. The van der Waals surface area contributed by atoms with E-state index in [1.165, 1.54) is 0 Å². The fourth-order valence-corrected chi connectivity index (χ4v) is 4.84. The highest BCUT2D eigenvalue weighted by molar-refractivity contribution is 6.09. The first kappa shape index (κ1) is 20.9. The lowest BCUT2D eigenvalue weighted by Gasteiger charge is -2.36. The molecule has 3 aromatic rings. The molecule has 2 aromatic heterocycles. The molecule has 0 saturated carbocycles. The summed E-state index contributed by atoms with van der Waals surface area (Å²) in [6, 6.07) is 15.5. The van der Waals surface area contributed by atoms with Crippen molar-refractivity contribution in [2.75, 3.05) is 5.32 Å². The van der Waals surface area contributed by atoms with Crippen LogP contribution in [-0.2, 0) is 16.6 Å². The molecule has 1 amide bonds. The summed E-state index contributed by atoms with van der Waals surface area (Å²) < 4.78 is 1.70. The third kappa shape index (κ3) is 3.98. The predicted octanol–water partition coefficient (Wildman–Crippen LogP) is 3.82. The number of aromatic nitrogens is 3. The normalized spacial score (nSPS) is 20.4. The Morgan fingerprint density at radius 3 is 2.58 bits per heavy atom. The van der Waals surface area contributed by atoms with Crippen molar-refractivity contribution in [3.05, 3.63) is 101 Å². The van der Waals surface area contributed by atoms with Crippen molar-refractivity contribution in [1.29, 1.82) is 0 Å². The van der Waals surface area contributed by atoms with Gasteiger partial charge in [-0.05, 0) is 37.0 Å². The number of hydrogen-bond acceptors (Lipinski definition) is 5. The number of anilines is 1. The summed E-state index contributed by atoms with van der Waals surface area (Å²) in [5, 5.41) is 10.6. The van der Waals surface area contributed by atoms with Crippen LogP contribution in [0.4, 0.5) is 5.82 Å². The van der Waals surface area contributed by atoms with E-state index in [0.717, 1.165) is 22.5 Å². The molecule has 0 saturated heterocycles. The molecule has 2 aliphatic rings. The van der Waals surface area contributed by atoms with E-state index in [4.69, 9.17) is 0 Å². The third-order valence-corrected chi connectivity index (χ3v) is 6.31. The van der Waals surface area contributed by atoms with E-state index < -0.39 is 5.92 Å². The van der Waals surface area contributed by atoms with Crippen molar-refractivity contribution >= 4 is 17.5 Å². The molecule has 0 fully saturated rings. The van der Waals surface area contributed by atoms with Crippen LogP contribution in [0.15, 0.2) is 89.7 Å². The Labute approximate surface area is 192 Å². The number of benzene rings is 1. The number of carbonyl (C=O) groups is 2. The van der Waals surface area contributed by atoms with Crippen LogP contribution in [-0.4, -0.2) is 26.5 Å². The van der Waals surface area contributed by atoms with Gasteiger partial charge in [-0.15, -0.1) is 0 Å². The highest BCUT2D eigenvalue weighted by Gasteiger charge is 2.41. The fourth-order valence-electron chi connectivity index (χ4n) is 4.84. The first-order valence-electron chi connectivity index (χ1n) is 11.0. The molecule has 5 rings (SSSR count). The number of hydrogen-bond donors (Lipinski definition) is 2. The van der Waals surface area contributed by atoms with Gasteiger partial charge >= 0.3 is 0 Å². The van der Waals surface area contributed by atoms with Crippen molar-refractivity contribution < 1.29 is 9.59 Å². The van der Waals surface area contributed by atoms with Crippen LogP contribution in [0.3, 0.4) is 0 Å². The number of aryl methyl sites for hydroxylation is 1. The Balaban J connectivity index is 1.55. The standard InChI is InChI=1S/C26H25N5O2/c1-16-23(26(33)30-22-10-6-7-11-27-22)24(19-14-28-31(2)15-19)25-20(29-16)12-18(13-21(25)32)17-8-4-3-5-9-17/h3-11,14-15,18,24,29H,12-13H2,1-2H3,(H,27,30,33)/t18-,24+/m0/s1. The Hall–Kier alpha value is -4.00. The van der Waals surface area contributed by atoms with Gasteiger partial charge in [-0.2, -0.15) is 5.10 Å². The largest absolute Gasteiger partial charge is 0.362 e. The zero-order valence-corrected chi connectivity index (χ0v) is 18.6. The van der Waals surface area contributed by atoms with E-state index in [1.54, 1.807) is 29.2 Å². The van der Waals surface area contributed by atoms with Crippen LogP contribution in [0.1, 0.15) is 42.7 Å². The molecule has 1 aliphatic carbocycles. The smallest absolute Gasteiger partial charge is 0.255 e. The number of carbonyl (C=O) groups excluding carboxylic acids is 2. The molecule has 0 unspecified atom stereocenters. The number of nitrogens with one attached hydrogen (secondary N) is 2. The predicted molar refractivity (Wildman–Crippen MR) is 125 cm³/mol. The average molecular weight is 440 g/mol. The summed E-state index contributed by atoms with van der Waals surface area (Å²) >= 11 is 0. The van der Waals surface area contributed by atoms with E-state index in [-0.39, 0.29) is 17.6 Å². The summed E-state index contributed by atoms with van der Waals surface area (Å²) in [5.74, 6) is -0.134. The molecule has 7 heteroatoms. The minimum Gasteiger partial charge on any atom is -0.362 e. The zero-order valence-electron chi connectivity index (χ0n) is 18.6. The Morgan fingerprint density at radius 1 is 1.09 bits per heavy atom. The highest BCUT2D eigenvalue weighted by atomic mass is 16.2. The van der Waals surface area contributed by atoms with Gasteiger partial charge in [0, 0.05) is 59.9 Å². The molecule has 2 N–H and O–H groups in total. The number of nitrogens with zero attached hydrogens (tertiary/aromatic N) is 3. The Morgan fingerprint density at radius 2 is 1.88 bits per heavy atom. The summed E-state index contributed by atoms with van der Waals surface area (Å²) in [6.07, 6.45) is 6.37. The topological polar surface area (TPSA) is 88.9 Å². The molecule has 166 valence electrons. The Kier molecular flexibility index (Phi) is 5.38. The number of Topliss-reactive ketones (excluding diaryl/α,β-unsaturated/α-hetero) is 1. The molecule has 1 aromatic carbocycles. The second kappa shape index (κ2) is 8.50. The van der Waals surface area contributed by atoms with Crippen LogP contribution in [0.25, 0.3) is 0 Å². The van der Waals surface area contributed by atoms with Gasteiger partial charge in [-0.3, -0.25) is 14.3 Å². The molecule has 0 bridgehead atoms. The maximum Gasteiger partial charge on any atom is 0.255 e. The maximum atomic E-state index is 13.5. The number of amides is 1. The summed E-state index contributed by atoms with van der Waals surface area (Å²) in [6.45, 7) is 1.89. The lowest BCUT2D eigenvalue weighted by atomic mass is 9.72. The van der Waals surface area contributed by atoms with Gasteiger partial charge in [0.15, 0.2) is 5.78 Å². The summed E-state index contributed by atoms with van der Waals surface area (Å²) in [7, 11) is 1.83. The molecular weight excluding hydrogens is 414 g/mol. The van der Waals surface area contributed by atoms with Crippen molar-refractivity contribution in [2.45, 2.75) is 31.6 Å². The summed E-state index contributed by atoms with van der Waals surface area (Å²) in [4.78, 5) is 31.2. The first-order valence-corrected chi connectivity index (χ1v) is 11.0. The van der Waals surface area contributed by atoms with Gasteiger partial charge in [0.1, 0.15) is 5.82 Å². The summed E-state index contributed by atoms with van der Waals surface area (Å²) in [5.41, 5.74) is 4.77. The van der Waals surface area contributed by atoms with Gasteiger partial charge in [0.2, 0.25) is 0 Å². The Bertz CT molecular complexity index is 1270. The van der Waals surface area contributed by atoms with Crippen LogP contribution >= 0.6 is 0 Å². The number of pyridine rings is 1. The van der Waals surface area contributed by atoms with E-state index in [2.05, 4.69) is 32.8 Å². The van der Waals surface area contributed by atoms with Crippen molar-refractivity contribution in [3.63, 3.8) is 0 Å². The molecular formula is C26H25N5O2. The molecule has 0 spiro atoms. The lowest BCUT2D eigenvalue weighted by Crippen LogP contribution is -2.37. The molecule has 7 nitrogen and oxygen atoms in total. The second-order valence-corrected chi connectivity index (χ2v) is 8.54. The lowest BCUT2D eigenvalue weighted by molar-refractivity contribution is -0.116. The maximum absolute atomic E-state index is 13.5. The molecule has 33 heavy (non-hydrogen) atoms. The first-order chi connectivity index (χ1) is 16.0. The second-order valence-electron chi connectivity index (χ2n) is 8.54. The van der Waals surface area contributed by atoms with Crippen LogP contribution in [0.5, 0.6) is 0 Å². The van der Waals surface area contributed by atoms with E-state index in [9.17, 15) is 9.59 Å². The van der Waals surface area contributed by atoms with Gasteiger partial charge in [0.05, 0.1) is 6.20 Å². The average Bonchev–Trinajstić information content (AvgIpc) is 3.25. The highest BCUT2D eigenvalue weighted by Crippen LogP contribution is 2.45. The quantitative estimate of drug-likeness (QED) is 0.645.